The summed E-state index contributed by atoms with van der Waals surface area (Å²) in [5, 5.41) is 0. The first kappa shape index (κ1) is 16.5. The SMILES string of the molecule is COc1cccc(-c2nc(CC(=O)N3CCOC(C)C3)c(C)o2)c1. The van der Waals surface area contributed by atoms with E-state index < -0.39 is 0 Å². The number of hydrogen-bond donors (Lipinski definition) is 0. The summed E-state index contributed by atoms with van der Waals surface area (Å²) in [7, 11) is 1.62. The minimum absolute atomic E-state index is 0.0544. The Morgan fingerprint density at radius 1 is 1.46 bits per heavy atom. The minimum Gasteiger partial charge on any atom is -0.497 e. The molecule has 6 nitrogen and oxygen atoms in total. The van der Waals surface area contributed by atoms with Gasteiger partial charge in [-0.2, -0.15) is 0 Å². The van der Waals surface area contributed by atoms with Gasteiger partial charge in [-0.1, -0.05) is 6.07 Å². The molecule has 0 spiro atoms. The average molecular weight is 330 g/mol. The van der Waals surface area contributed by atoms with Crippen LogP contribution >= 0.6 is 0 Å². The van der Waals surface area contributed by atoms with Crippen molar-refractivity contribution in [2.45, 2.75) is 26.4 Å². The smallest absolute Gasteiger partial charge is 0.228 e. The number of nitrogens with zero attached hydrogens (tertiary/aromatic N) is 2. The molecule has 1 saturated heterocycles. The molecular weight excluding hydrogens is 308 g/mol. The molecule has 1 aromatic carbocycles. The Morgan fingerprint density at radius 3 is 3.04 bits per heavy atom. The lowest BCUT2D eigenvalue weighted by molar-refractivity contribution is -0.137. The third kappa shape index (κ3) is 3.59. The molecule has 1 aliphatic rings. The number of methoxy groups -OCH3 is 1. The van der Waals surface area contributed by atoms with Crippen molar-refractivity contribution in [2.75, 3.05) is 26.8 Å². The van der Waals surface area contributed by atoms with E-state index in [4.69, 9.17) is 13.9 Å². The molecule has 0 saturated carbocycles. The maximum Gasteiger partial charge on any atom is 0.228 e. The van der Waals surface area contributed by atoms with Crippen molar-refractivity contribution in [1.29, 1.82) is 0 Å². The summed E-state index contributed by atoms with van der Waals surface area (Å²) in [5.41, 5.74) is 1.51. The predicted octanol–water partition coefficient (Wildman–Crippen LogP) is 2.45. The van der Waals surface area contributed by atoms with Crippen LogP contribution in [0.5, 0.6) is 5.75 Å². The Morgan fingerprint density at radius 2 is 2.29 bits per heavy atom. The number of aryl methyl sites for hydroxylation is 1. The summed E-state index contributed by atoms with van der Waals surface area (Å²) >= 11 is 0. The van der Waals surface area contributed by atoms with E-state index in [2.05, 4.69) is 4.98 Å². The molecule has 6 heteroatoms. The van der Waals surface area contributed by atoms with Gasteiger partial charge in [0.05, 0.1) is 31.9 Å². The molecule has 1 atom stereocenters. The highest BCUT2D eigenvalue weighted by Crippen LogP contribution is 2.25. The van der Waals surface area contributed by atoms with E-state index in [9.17, 15) is 4.79 Å². The van der Waals surface area contributed by atoms with Crippen molar-refractivity contribution < 1.29 is 18.7 Å². The topological polar surface area (TPSA) is 64.8 Å². The van der Waals surface area contributed by atoms with Gasteiger partial charge in [0.1, 0.15) is 11.5 Å². The second-order valence-electron chi connectivity index (χ2n) is 5.95. The van der Waals surface area contributed by atoms with Gasteiger partial charge in [0, 0.05) is 18.7 Å². The quantitative estimate of drug-likeness (QED) is 0.861. The Kier molecular flexibility index (Phi) is 4.85. The molecule has 0 bridgehead atoms. The summed E-state index contributed by atoms with van der Waals surface area (Å²) in [6.07, 6.45) is 0.319. The van der Waals surface area contributed by atoms with Crippen LogP contribution < -0.4 is 4.74 Å². The Labute approximate surface area is 141 Å². The number of hydrogen-bond acceptors (Lipinski definition) is 5. The molecule has 2 aromatic rings. The second kappa shape index (κ2) is 7.05. The molecule has 1 aliphatic heterocycles. The highest BCUT2D eigenvalue weighted by atomic mass is 16.5. The maximum atomic E-state index is 12.5. The molecule has 24 heavy (non-hydrogen) atoms. The van der Waals surface area contributed by atoms with Crippen molar-refractivity contribution in [2.24, 2.45) is 0 Å². The van der Waals surface area contributed by atoms with E-state index in [0.29, 0.717) is 37.0 Å². The molecule has 0 radical (unpaired) electrons. The summed E-state index contributed by atoms with van der Waals surface area (Å²) in [6, 6.07) is 7.51. The fourth-order valence-corrected chi connectivity index (χ4v) is 2.77. The fourth-order valence-electron chi connectivity index (χ4n) is 2.77. The van der Waals surface area contributed by atoms with Gasteiger partial charge < -0.3 is 18.8 Å². The van der Waals surface area contributed by atoms with Crippen molar-refractivity contribution in [1.82, 2.24) is 9.88 Å². The van der Waals surface area contributed by atoms with E-state index in [1.54, 1.807) is 7.11 Å². The highest BCUT2D eigenvalue weighted by Gasteiger charge is 2.23. The molecule has 1 amide bonds. The van der Waals surface area contributed by atoms with E-state index in [-0.39, 0.29) is 18.4 Å². The number of carbonyl (C=O) groups excluding carboxylic acids is 1. The van der Waals surface area contributed by atoms with Gasteiger partial charge in [-0.05, 0) is 32.0 Å². The molecule has 1 aromatic heterocycles. The zero-order valence-electron chi connectivity index (χ0n) is 14.2. The van der Waals surface area contributed by atoms with Crippen molar-refractivity contribution in [3.8, 4) is 17.2 Å². The summed E-state index contributed by atoms with van der Waals surface area (Å²) < 4.78 is 16.4. The summed E-state index contributed by atoms with van der Waals surface area (Å²) in [5.74, 6) is 1.97. The molecule has 128 valence electrons. The monoisotopic (exact) mass is 330 g/mol. The maximum absolute atomic E-state index is 12.5. The van der Waals surface area contributed by atoms with Crippen LogP contribution in [0.15, 0.2) is 28.7 Å². The number of morpholine rings is 1. The Hall–Kier alpha value is -2.34. The largest absolute Gasteiger partial charge is 0.497 e. The third-order valence-electron chi connectivity index (χ3n) is 4.12. The van der Waals surface area contributed by atoms with Crippen LogP contribution in [0.2, 0.25) is 0 Å². The van der Waals surface area contributed by atoms with Gasteiger partial charge >= 0.3 is 0 Å². The van der Waals surface area contributed by atoms with Crippen LogP contribution in [-0.2, 0) is 16.0 Å². The lowest BCUT2D eigenvalue weighted by atomic mass is 10.2. The Bertz CT molecular complexity index is 726. The summed E-state index contributed by atoms with van der Waals surface area (Å²) in [6.45, 7) is 5.64. The molecule has 2 heterocycles. The van der Waals surface area contributed by atoms with Crippen molar-refractivity contribution in [3.63, 3.8) is 0 Å². The van der Waals surface area contributed by atoms with E-state index >= 15 is 0 Å². The van der Waals surface area contributed by atoms with Crippen LogP contribution in [0.1, 0.15) is 18.4 Å². The second-order valence-corrected chi connectivity index (χ2v) is 5.95. The Balaban J connectivity index is 1.75. The number of carbonyl (C=O) groups is 1. The number of benzene rings is 1. The van der Waals surface area contributed by atoms with E-state index in [1.807, 2.05) is 43.0 Å². The molecule has 3 rings (SSSR count). The van der Waals surface area contributed by atoms with Gasteiger partial charge in [0.25, 0.3) is 0 Å². The van der Waals surface area contributed by atoms with Gasteiger partial charge in [0.2, 0.25) is 11.8 Å². The van der Waals surface area contributed by atoms with Crippen molar-refractivity contribution in [3.05, 3.63) is 35.7 Å². The molecular formula is C18H22N2O4. The summed E-state index contributed by atoms with van der Waals surface area (Å²) in [4.78, 5) is 18.8. The normalized spacial score (nSPS) is 17.8. The minimum atomic E-state index is 0.0544. The number of ether oxygens (including phenoxy) is 2. The lowest BCUT2D eigenvalue weighted by Gasteiger charge is -2.31. The highest BCUT2D eigenvalue weighted by molar-refractivity contribution is 5.78. The zero-order chi connectivity index (χ0) is 17.1. The average Bonchev–Trinajstić information content (AvgIpc) is 2.95. The fraction of sp³-hybridized carbons (Fsp3) is 0.444. The number of oxazole rings is 1. The lowest BCUT2D eigenvalue weighted by Crippen LogP contribution is -2.45. The first-order valence-corrected chi connectivity index (χ1v) is 8.07. The molecule has 0 aliphatic carbocycles. The van der Waals surface area contributed by atoms with Crippen molar-refractivity contribution >= 4 is 5.91 Å². The number of amides is 1. The first-order chi connectivity index (χ1) is 11.6. The van der Waals surface area contributed by atoms with Crippen LogP contribution in [0.25, 0.3) is 11.5 Å². The molecule has 1 unspecified atom stereocenters. The third-order valence-corrected chi connectivity index (χ3v) is 4.12. The standard InChI is InChI=1S/C18H22N2O4/c1-12-11-20(7-8-23-12)17(21)10-16-13(2)24-18(19-16)14-5-4-6-15(9-14)22-3/h4-6,9,12H,7-8,10-11H2,1-3H3. The van der Waals surface area contributed by atoms with Gasteiger partial charge in [-0.25, -0.2) is 4.98 Å². The van der Waals surface area contributed by atoms with Crippen LogP contribution in [-0.4, -0.2) is 48.7 Å². The van der Waals surface area contributed by atoms with Gasteiger partial charge in [-0.15, -0.1) is 0 Å². The molecule has 1 fully saturated rings. The van der Waals surface area contributed by atoms with Crippen LogP contribution in [0.4, 0.5) is 0 Å². The van der Waals surface area contributed by atoms with Crippen LogP contribution in [0.3, 0.4) is 0 Å². The number of rotatable bonds is 4. The van der Waals surface area contributed by atoms with Crippen LogP contribution in [0, 0.1) is 6.92 Å². The van der Waals surface area contributed by atoms with Gasteiger partial charge in [-0.3, -0.25) is 4.79 Å². The zero-order valence-corrected chi connectivity index (χ0v) is 14.2. The first-order valence-electron chi connectivity index (χ1n) is 8.07. The van der Waals surface area contributed by atoms with Gasteiger partial charge in [0.15, 0.2) is 0 Å². The predicted molar refractivity (Wildman–Crippen MR) is 88.9 cm³/mol. The number of aromatic nitrogens is 1. The van der Waals surface area contributed by atoms with E-state index in [0.717, 1.165) is 11.3 Å². The van der Waals surface area contributed by atoms with E-state index in [1.165, 1.54) is 0 Å². The molecule has 0 N–H and O–H groups in total.